The molecule has 16 heavy (non-hydrogen) atoms. The van der Waals surface area contributed by atoms with Crippen LogP contribution in [0, 0.1) is 0 Å². The van der Waals surface area contributed by atoms with Crippen LogP contribution in [0.4, 0.5) is 0 Å². The van der Waals surface area contributed by atoms with E-state index in [1.807, 2.05) is 0 Å². The van der Waals surface area contributed by atoms with Crippen LogP contribution in [0.15, 0.2) is 42.0 Å². The molecular formula is C16H22. The molecule has 0 saturated heterocycles. The van der Waals surface area contributed by atoms with Gasteiger partial charge in [0.1, 0.15) is 0 Å². The molecule has 1 unspecified atom stereocenters. The summed E-state index contributed by atoms with van der Waals surface area (Å²) in [5.41, 5.74) is 3.22. The van der Waals surface area contributed by atoms with Crippen LogP contribution in [0.3, 0.4) is 0 Å². The Morgan fingerprint density at radius 3 is 2.62 bits per heavy atom. The summed E-state index contributed by atoms with van der Waals surface area (Å²) < 4.78 is 0. The molecule has 1 aromatic carbocycles. The van der Waals surface area contributed by atoms with Crippen molar-refractivity contribution < 1.29 is 0 Å². The lowest BCUT2D eigenvalue weighted by Crippen LogP contribution is -2.04. The van der Waals surface area contributed by atoms with Gasteiger partial charge in [0.15, 0.2) is 0 Å². The molecule has 2 rings (SSSR count). The Morgan fingerprint density at radius 1 is 1.19 bits per heavy atom. The zero-order valence-corrected chi connectivity index (χ0v) is 10.3. The summed E-state index contributed by atoms with van der Waals surface area (Å²) in [7, 11) is 0. The molecule has 0 bridgehead atoms. The summed E-state index contributed by atoms with van der Waals surface area (Å²) in [6.07, 6.45) is 10.4. The number of benzene rings is 1. The average molecular weight is 214 g/mol. The van der Waals surface area contributed by atoms with Gasteiger partial charge in [-0.3, -0.25) is 0 Å². The third-order valence-corrected chi connectivity index (χ3v) is 3.63. The zero-order chi connectivity index (χ0) is 11.2. The molecule has 0 amide bonds. The largest absolute Gasteiger partial charge is 0.0847 e. The van der Waals surface area contributed by atoms with Gasteiger partial charge >= 0.3 is 0 Å². The van der Waals surface area contributed by atoms with Crippen LogP contribution in [0.25, 0.3) is 0 Å². The van der Waals surface area contributed by atoms with E-state index < -0.39 is 0 Å². The summed E-state index contributed by atoms with van der Waals surface area (Å²) in [6.45, 7) is 2.27. The fourth-order valence-corrected chi connectivity index (χ4v) is 2.55. The topological polar surface area (TPSA) is 0 Å². The standard InChI is InChI=1S/C16H22/c1-2-3-7-14-10-12-16(13-11-14)15-8-5-4-6-9-15/h4-6,8-10,16H,2-3,7,11-13H2,1H3. The van der Waals surface area contributed by atoms with Crippen molar-refractivity contribution in [3.8, 4) is 0 Å². The minimum absolute atomic E-state index is 0.770. The molecule has 0 radical (unpaired) electrons. The van der Waals surface area contributed by atoms with Crippen molar-refractivity contribution in [1.29, 1.82) is 0 Å². The molecule has 1 aliphatic rings. The van der Waals surface area contributed by atoms with Crippen LogP contribution in [0.2, 0.25) is 0 Å². The number of unbranched alkanes of at least 4 members (excludes halogenated alkanes) is 1. The fourth-order valence-electron chi connectivity index (χ4n) is 2.55. The van der Waals surface area contributed by atoms with Crippen LogP contribution in [0.5, 0.6) is 0 Å². The van der Waals surface area contributed by atoms with E-state index >= 15 is 0 Å². The van der Waals surface area contributed by atoms with E-state index in [0.717, 1.165) is 5.92 Å². The lowest BCUT2D eigenvalue weighted by Gasteiger charge is -2.22. The van der Waals surface area contributed by atoms with E-state index in [4.69, 9.17) is 0 Å². The Kier molecular flexibility index (Phi) is 4.21. The molecule has 0 nitrogen and oxygen atoms in total. The van der Waals surface area contributed by atoms with Crippen molar-refractivity contribution in [2.75, 3.05) is 0 Å². The Labute approximate surface area is 99.4 Å². The maximum Gasteiger partial charge on any atom is -0.0124 e. The summed E-state index contributed by atoms with van der Waals surface area (Å²) in [5.74, 6) is 0.770. The minimum atomic E-state index is 0.770. The van der Waals surface area contributed by atoms with Crippen LogP contribution in [0.1, 0.15) is 56.9 Å². The van der Waals surface area contributed by atoms with Gasteiger partial charge in [-0.15, -0.1) is 0 Å². The van der Waals surface area contributed by atoms with Crippen LogP contribution >= 0.6 is 0 Å². The minimum Gasteiger partial charge on any atom is -0.0847 e. The van der Waals surface area contributed by atoms with Gasteiger partial charge in [-0.05, 0) is 43.6 Å². The average Bonchev–Trinajstić information content (AvgIpc) is 2.38. The summed E-state index contributed by atoms with van der Waals surface area (Å²) in [4.78, 5) is 0. The van der Waals surface area contributed by atoms with Crippen molar-refractivity contribution in [3.63, 3.8) is 0 Å². The molecule has 0 saturated carbocycles. The highest BCUT2D eigenvalue weighted by atomic mass is 14.2. The van der Waals surface area contributed by atoms with Crippen LogP contribution < -0.4 is 0 Å². The van der Waals surface area contributed by atoms with Gasteiger partial charge in [0.05, 0.1) is 0 Å². The third kappa shape index (κ3) is 2.98. The number of hydrogen-bond donors (Lipinski definition) is 0. The first-order chi connectivity index (χ1) is 7.90. The lowest BCUT2D eigenvalue weighted by molar-refractivity contribution is 0.579. The quantitative estimate of drug-likeness (QED) is 0.614. The predicted octanol–water partition coefficient (Wildman–Crippen LogP) is 5.07. The third-order valence-electron chi connectivity index (χ3n) is 3.63. The van der Waals surface area contributed by atoms with Gasteiger partial charge in [-0.2, -0.15) is 0 Å². The van der Waals surface area contributed by atoms with Crippen LogP contribution in [-0.2, 0) is 0 Å². The van der Waals surface area contributed by atoms with E-state index in [-0.39, 0.29) is 0 Å². The second-order valence-electron chi connectivity index (χ2n) is 4.85. The first kappa shape index (κ1) is 11.4. The first-order valence-corrected chi connectivity index (χ1v) is 6.63. The molecule has 0 N–H and O–H groups in total. The zero-order valence-electron chi connectivity index (χ0n) is 10.3. The Bertz CT molecular complexity index is 334. The molecule has 0 heterocycles. The SMILES string of the molecule is CCCCC1=CCC(c2ccccc2)CC1. The molecule has 0 aliphatic heterocycles. The van der Waals surface area contributed by atoms with Crippen molar-refractivity contribution in [2.45, 2.75) is 51.4 Å². The summed E-state index contributed by atoms with van der Waals surface area (Å²) >= 11 is 0. The number of hydrogen-bond acceptors (Lipinski definition) is 0. The van der Waals surface area contributed by atoms with Crippen molar-refractivity contribution in [3.05, 3.63) is 47.5 Å². The van der Waals surface area contributed by atoms with Gasteiger partial charge in [0.25, 0.3) is 0 Å². The highest BCUT2D eigenvalue weighted by Crippen LogP contribution is 2.33. The number of rotatable bonds is 4. The number of allylic oxidation sites excluding steroid dienone is 2. The molecule has 0 aromatic heterocycles. The molecule has 1 aromatic rings. The maximum atomic E-state index is 2.50. The normalized spacial score (nSPS) is 20.6. The molecule has 0 heteroatoms. The van der Waals surface area contributed by atoms with E-state index in [1.165, 1.54) is 44.1 Å². The van der Waals surface area contributed by atoms with Crippen molar-refractivity contribution >= 4 is 0 Å². The Hall–Kier alpha value is -1.04. The van der Waals surface area contributed by atoms with Gasteiger partial charge in [0.2, 0.25) is 0 Å². The summed E-state index contributed by atoms with van der Waals surface area (Å²) in [6, 6.07) is 11.0. The highest BCUT2D eigenvalue weighted by Gasteiger charge is 2.15. The fraction of sp³-hybridized carbons (Fsp3) is 0.500. The second-order valence-corrected chi connectivity index (χ2v) is 4.85. The lowest BCUT2D eigenvalue weighted by atomic mass is 9.83. The molecule has 0 fully saturated rings. The van der Waals surface area contributed by atoms with Crippen LogP contribution in [-0.4, -0.2) is 0 Å². The monoisotopic (exact) mass is 214 g/mol. The first-order valence-electron chi connectivity index (χ1n) is 6.63. The smallest absolute Gasteiger partial charge is 0.0124 e. The molecule has 1 atom stereocenters. The Morgan fingerprint density at radius 2 is 2.00 bits per heavy atom. The predicted molar refractivity (Wildman–Crippen MR) is 70.6 cm³/mol. The van der Waals surface area contributed by atoms with Gasteiger partial charge in [0, 0.05) is 0 Å². The highest BCUT2D eigenvalue weighted by molar-refractivity contribution is 5.23. The molecule has 0 spiro atoms. The maximum absolute atomic E-state index is 2.50. The van der Waals surface area contributed by atoms with E-state index in [1.54, 1.807) is 5.57 Å². The van der Waals surface area contributed by atoms with E-state index in [2.05, 4.69) is 43.3 Å². The van der Waals surface area contributed by atoms with Gasteiger partial charge < -0.3 is 0 Å². The van der Waals surface area contributed by atoms with Crippen molar-refractivity contribution in [1.82, 2.24) is 0 Å². The van der Waals surface area contributed by atoms with E-state index in [0.29, 0.717) is 0 Å². The molecular weight excluding hydrogens is 192 g/mol. The summed E-state index contributed by atoms with van der Waals surface area (Å²) in [5, 5.41) is 0. The van der Waals surface area contributed by atoms with Crippen molar-refractivity contribution in [2.24, 2.45) is 0 Å². The molecule has 86 valence electrons. The Balaban J connectivity index is 1.92. The van der Waals surface area contributed by atoms with E-state index in [9.17, 15) is 0 Å². The van der Waals surface area contributed by atoms with Gasteiger partial charge in [-0.1, -0.05) is 55.3 Å². The molecule has 1 aliphatic carbocycles. The van der Waals surface area contributed by atoms with Gasteiger partial charge in [-0.25, -0.2) is 0 Å². The second kappa shape index (κ2) is 5.89.